The first-order chi connectivity index (χ1) is 11.1. The van der Waals surface area contributed by atoms with Crippen LogP contribution in [0.3, 0.4) is 0 Å². The number of fused-ring (bicyclic) bond motifs is 3. The molecule has 0 amide bonds. The maximum atomic E-state index is 11.3. The highest BCUT2D eigenvalue weighted by Crippen LogP contribution is 2.61. The topological polar surface area (TPSA) is 129 Å². The van der Waals surface area contributed by atoms with Gasteiger partial charge in [0, 0.05) is 0 Å². The Kier molecular flexibility index (Phi) is 2.09. The average Bonchev–Trinajstić information content (AvgIpc) is 2.98. The van der Waals surface area contributed by atoms with Crippen molar-refractivity contribution in [3.05, 3.63) is 37.1 Å². The molecule has 3 aliphatic rings. The van der Waals surface area contributed by atoms with Gasteiger partial charge in [-0.2, -0.15) is 0 Å². The molecule has 2 aromatic heterocycles. The molecule has 0 saturated carbocycles. The summed E-state index contributed by atoms with van der Waals surface area (Å²) in [7, 11) is 0. The summed E-state index contributed by atoms with van der Waals surface area (Å²) in [6, 6.07) is 0. The number of rotatable bonds is 2. The molecular weight excluding hydrogens is 302 g/mol. The van der Waals surface area contributed by atoms with Crippen LogP contribution in [0.4, 0.5) is 5.82 Å². The maximum Gasteiger partial charge on any atom is 0.204 e. The predicted molar refractivity (Wildman–Crippen MR) is 76.7 cm³/mol. The molecule has 0 aromatic carbocycles. The monoisotopic (exact) mass is 315 g/mol. The van der Waals surface area contributed by atoms with Gasteiger partial charge in [0.15, 0.2) is 22.7 Å². The minimum absolute atomic E-state index is 0.239. The zero-order valence-corrected chi connectivity index (χ0v) is 11.8. The lowest BCUT2D eigenvalue weighted by molar-refractivity contribution is -0.173. The predicted octanol–water partition coefficient (Wildman–Crippen LogP) is -0.964. The van der Waals surface area contributed by atoms with Crippen LogP contribution in [0.1, 0.15) is 0 Å². The van der Waals surface area contributed by atoms with Crippen molar-refractivity contribution in [3.8, 4) is 0 Å². The van der Waals surface area contributed by atoms with Crippen LogP contribution in [0.2, 0.25) is 0 Å². The Balaban J connectivity index is 1.75. The van der Waals surface area contributed by atoms with E-state index in [9.17, 15) is 10.2 Å². The molecule has 1 spiro atoms. The summed E-state index contributed by atoms with van der Waals surface area (Å²) in [6.45, 7) is -0.306. The van der Waals surface area contributed by atoms with Crippen LogP contribution in [-0.2, 0) is 15.2 Å². The molecule has 9 nitrogen and oxygen atoms in total. The number of anilines is 1. The number of aliphatic hydroxyl groups is 2. The van der Waals surface area contributed by atoms with Gasteiger partial charge in [0.2, 0.25) is 5.72 Å². The molecular formula is C14H13N5O4. The summed E-state index contributed by atoms with van der Waals surface area (Å²) in [6.07, 6.45) is 8.54. The molecule has 1 aliphatic carbocycles. The quantitative estimate of drug-likeness (QED) is 0.604. The first kappa shape index (κ1) is 13.0. The molecule has 23 heavy (non-hydrogen) atoms. The average molecular weight is 315 g/mol. The number of aromatic nitrogens is 4. The van der Waals surface area contributed by atoms with Gasteiger partial charge in [-0.05, 0) is 18.2 Å². The Morgan fingerprint density at radius 2 is 2.09 bits per heavy atom. The van der Waals surface area contributed by atoms with Crippen LogP contribution in [0.5, 0.6) is 0 Å². The van der Waals surface area contributed by atoms with E-state index >= 15 is 0 Å². The molecule has 0 bridgehead atoms. The van der Waals surface area contributed by atoms with E-state index < -0.39 is 23.0 Å². The Labute approximate surface area is 129 Å². The highest BCUT2D eigenvalue weighted by Gasteiger charge is 2.78. The third-order valence-corrected chi connectivity index (χ3v) is 4.96. The number of nitrogens with two attached hydrogens (primary N) is 1. The Morgan fingerprint density at radius 3 is 2.70 bits per heavy atom. The van der Waals surface area contributed by atoms with E-state index in [2.05, 4.69) is 15.0 Å². The van der Waals surface area contributed by atoms with E-state index in [1.165, 1.54) is 18.9 Å². The summed E-state index contributed by atoms with van der Waals surface area (Å²) in [4.78, 5) is 12.3. The maximum absolute atomic E-state index is 11.3. The van der Waals surface area contributed by atoms with E-state index in [1.54, 1.807) is 22.8 Å². The van der Waals surface area contributed by atoms with Gasteiger partial charge in [-0.25, -0.2) is 15.0 Å². The molecule has 4 N–H and O–H groups in total. The van der Waals surface area contributed by atoms with Gasteiger partial charge in [-0.15, -0.1) is 0 Å². The Hall–Kier alpha value is -2.49. The zero-order valence-electron chi connectivity index (χ0n) is 11.8. The second kappa shape index (κ2) is 3.70. The van der Waals surface area contributed by atoms with Crippen LogP contribution in [0.15, 0.2) is 37.1 Å². The van der Waals surface area contributed by atoms with Gasteiger partial charge < -0.3 is 25.4 Å². The number of ether oxygens (including phenoxy) is 2. The summed E-state index contributed by atoms with van der Waals surface area (Å²) in [5.41, 5.74) is 2.76. The van der Waals surface area contributed by atoms with Crippen molar-refractivity contribution in [3.63, 3.8) is 0 Å². The molecule has 1 fully saturated rings. The third-order valence-electron chi connectivity index (χ3n) is 4.96. The first-order valence-corrected chi connectivity index (χ1v) is 7.09. The molecule has 9 heteroatoms. The summed E-state index contributed by atoms with van der Waals surface area (Å²) >= 11 is 0. The van der Waals surface area contributed by atoms with E-state index in [0.29, 0.717) is 11.2 Å². The second-order valence-corrected chi connectivity index (χ2v) is 5.84. The van der Waals surface area contributed by atoms with Crippen molar-refractivity contribution in [2.75, 3.05) is 12.3 Å². The van der Waals surface area contributed by atoms with Crippen molar-refractivity contribution < 1.29 is 19.7 Å². The Bertz CT molecular complexity index is 894. The van der Waals surface area contributed by atoms with Crippen LogP contribution >= 0.6 is 0 Å². The van der Waals surface area contributed by atoms with Gasteiger partial charge >= 0.3 is 0 Å². The van der Waals surface area contributed by atoms with Crippen LogP contribution in [0.25, 0.3) is 11.2 Å². The largest absolute Gasteiger partial charge is 0.484 e. The molecule has 0 unspecified atom stereocenters. The molecule has 2 aliphatic heterocycles. The minimum atomic E-state index is -1.49. The van der Waals surface area contributed by atoms with E-state index in [4.69, 9.17) is 15.2 Å². The lowest BCUT2D eigenvalue weighted by Crippen LogP contribution is -2.68. The van der Waals surface area contributed by atoms with Gasteiger partial charge in [0.25, 0.3) is 0 Å². The summed E-state index contributed by atoms with van der Waals surface area (Å²) in [5.74, 6) is 0.239. The molecule has 4 heterocycles. The fraction of sp³-hybridized carbons (Fsp3) is 0.357. The number of aliphatic hydroxyl groups excluding tert-OH is 1. The van der Waals surface area contributed by atoms with Crippen LogP contribution in [0, 0.1) is 0 Å². The zero-order chi connectivity index (χ0) is 15.9. The number of hydrogen-bond acceptors (Lipinski definition) is 8. The van der Waals surface area contributed by atoms with Crippen molar-refractivity contribution in [2.24, 2.45) is 0 Å². The smallest absolute Gasteiger partial charge is 0.204 e. The van der Waals surface area contributed by atoms with E-state index in [-0.39, 0.29) is 12.4 Å². The number of imidazole rings is 1. The number of nitrogen functional groups attached to an aromatic ring is 1. The van der Waals surface area contributed by atoms with Crippen LogP contribution in [-0.4, -0.2) is 53.6 Å². The molecule has 0 radical (unpaired) electrons. The molecule has 5 rings (SSSR count). The molecule has 1 saturated heterocycles. The Morgan fingerprint density at radius 1 is 1.26 bits per heavy atom. The normalized spacial score (nSPS) is 40.0. The third kappa shape index (κ3) is 1.14. The van der Waals surface area contributed by atoms with E-state index in [0.717, 1.165) is 0 Å². The minimum Gasteiger partial charge on any atom is -0.484 e. The van der Waals surface area contributed by atoms with Crippen molar-refractivity contribution in [2.45, 2.75) is 23.0 Å². The number of nitrogens with zero attached hydrogens (tertiary/aromatic N) is 4. The standard InChI is InChI=1S/C14H13N5O4/c15-10-9-11(17-6-16-10)19(7-18-9)14-2-1-13(14,21)12(3-4-22-12)8(5-20)23-14/h1-4,6-8,20-21H,5H2,(H2,15,16,17)/t8-,12-,13-,14-/m1/s1. The number of hydrogen-bond donors (Lipinski definition) is 3. The highest BCUT2D eigenvalue weighted by atomic mass is 16.6. The summed E-state index contributed by atoms with van der Waals surface area (Å²) in [5, 5.41) is 20.9. The van der Waals surface area contributed by atoms with Crippen LogP contribution < -0.4 is 5.73 Å². The SMILES string of the molecule is Nc1ncnc2c1ncn2[C@@]12C=C[C@@]1(O)[C@@]1(C=CO1)[C@@H](CO)O2. The highest BCUT2D eigenvalue weighted by molar-refractivity contribution is 5.81. The van der Waals surface area contributed by atoms with E-state index in [1.807, 2.05) is 0 Å². The van der Waals surface area contributed by atoms with Crippen molar-refractivity contribution in [1.82, 2.24) is 19.5 Å². The molecule has 2 aromatic rings. The summed E-state index contributed by atoms with van der Waals surface area (Å²) < 4.78 is 13.1. The van der Waals surface area contributed by atoms with Gasteiger partial charge in [0.1, 0.15) is 17.9 Å². The molecule has 118 valence electrons. The van der Waals surface area contributed by atoms with Crippen molar-refractivity contribution in [1.29, 1.82) is 0 Å². The van der Waals surface area contributed by atoms with Gasteiger partial charge in [-0.1, -0.05) is 0 Å². The fourth-order valence-electron chi connectivity index (χ4n) is 3.68. The van der Waals surface area contributed by atoms with Crippen molar-refractivity contribution >= 4 is 17.0 Å². The molecule has 4 atom stereocenters. The van der Waals surface area contributed by atoms with Gasteiger partial charge in [-0.3, -0.25) is 4.57 Å². The first-order valence-electron chi connectivity index (χ1n) is 7.09. The second-order valence-electron chi connectivity index (χ2n) is 5.84. The lowest BCUT2D eigenvalue weighted by atomic mass is 9.67. The van der Waals surface area contributed by atoms with Gasteiger partial charge in [0.05, 0.1) is 19.2 Å². The lowest BCUT2D eigenvalue weighted by Gasteiger charge is -2.51. The fourth-order valence-corrected chi connectivity index (χ4v) is 3.68.